The van der Waals surface area contributed by atoms with Crippen LogP contribution in [-0.2, 0) is 16.4 Å². The third-order valence-corrected chi connectivity index (χ3v) is 4.93. The molecule has 0 atom stereocenters. The Morgan fingerprint density at radius 3 is 2.59 bits per heavy atom. The molecule has 0 saturated carbocycles. The van der Waals surface area contributed by atoms with E-state index in [4.69, 9.17) is 9.72 Å². The Bertz CT molecular complexity index is 1080. The average Bonchev–Trinajstić information content (AvgIpc) is 2.94. The first kappa shape index (κ1) is 19.3. The fraction of sp³-hybridized carbons (Fsp3) is 0.500. The van der Waals surface area contributed by atoms with E-state index in [1.54, 1.807) is 19.2 Å². The monoisotopic (exact) mass is 391 g/mol. The minimum atomic E-state index is -3.48. The lowest BCUT2D eigenvalue weighted by Gasteiger charge is -2.11. The van der Waals surface area contributed by atoms with Crippen LogP contribution in [0.2, 0.25) is 0 Å². The standard InChI is InChI=1S/C18H25N5O3S/c1-5-6-7-8-9-14-19-12(2)16-17(22-27(4,24)25)20-13-10-11-15(26-3)21-18(13)23(14)16/h10-11H,5-9H2,1-4H3,(H,20,22). The van der Waals surface area contributed by atoms with Crippen LogP contribution in [0.1, 0.15) is 44.1 Å². The van der Waals surface area contributed by atoms with Gasteiger partial charge in [-0.15, -0.1) is 0 Å². The van der Waals surface area contributed by atoms with Crippen LogP contribution in [0.15, 0.2) is 12.1 Å². The summed E-state index contributed by atoms with van der Waals surface area (Å²) in [6, 6.07) is 3.47. The van der Waals surface area contributed by atoms with E-state index >= 15 is 0 Å². The van der Waals surface area contributed by atoms with Crippen LogP contribution in [0.3, 0.4) is 0 Å². The number of imidazole rings is 1. The molecule has 0 unspecified atom stereocenters. The van der Waals surface area contributed by atoms with Crippen molar-refractivity contribution in [1.29, 1.82) is 0 Å². The number of aromatic nitrogens is 4. The molecular formula is C18H25N5O3S. The number of nitrogens with zero attached hydrogens (tertiary/aromatic N) is 4. The van der Waals surface area contributed by atoms with Gasteiger partial charge in [0.15, 0.2) is 11.5 Å². The maximum absolute atomic E-state index is 11.8. The fourth-order valence-electron chi connectivity index (χ4n) is 3.18. The Hall–Kier alpha value is -2.42. The zero-order valence-electron chi connectivity index (χ0n) is 16.1. The molecule has 0 bridgehead atoms. The molecule has 0 fully saturated rings. The van der Waals surface area contributed by atoms with Gasteiger partial charge in [0.1, 0.15) is 16.9 Å². The van der Waals surface area contributed by atoms with Crippen LogP contribution >= 0.6 is 0 Å². The van der Waals surface area contributed by atoms with E-state index in [2.05, 4.69) is 21.6 Å². The molecule has 1 N–H and O–H groups in total. The minimum absolute atomic E-state index is 0.266. The van der Waals surface area contributed by atoms with Crippen molar-refractivity contribution in [2.75, 3.05) is 18.1 Å². The number of ether oxygens (including phenoxy) is 1. The molecule has 146 valence electrons. The smallest absolute Gasteiger partial charge is 0.231 e. The SMILES string of the molecule is CCCCCCc1nc(C)c2c(NS(C)(=O)=O)nc3ccc(OC)nc3n12. The number of unbranched alkanes of at least 4 members (excludes halogenated alkanes) is 3. The molecule has 3 aromatic rings. The number of sulfonamides is 1. The van der Waals surface area contributed by atoms with E-state index in [9.17, 15) is 8.42 Å². The van der Waals surface area contributed by atoms with Gasteiger partial charge in [-0.3, -0.25) is 9.12 Å². The molecule has 0 spiro atoms. The lowest BCUT2D eigenvalue weighted by atomic mass is 10.1. The number of hydrogen-bond acceptors (Lipinski definition) is 6. The van der Waals surface area contributed by atoms with Crippen molar-refractivity contribution >= 4 is 32.5 Å². The molecule has 0 aliphatic heterocycles. The number of nitrogens with one attached hydrogen (secondary N) is 1. The molecule has 8 nitrogen and oxygen atoms in total. The van der Waals surface area contributed by atoms with Gasteiger partial charge in [0.05, 0.1) is 19.1 Å². The molecule has 27 heavy (non-hydrogen) atoms. The molecule has 0 radical (unpaired) electrons. The van der Waals surface area contributed by atoms with E-state index in [0.717, 1.165) is 37.8 Å². The number of fused-ring (bicyclic) bond motifs is 3. The third kappa shape index (κ3) is 4.13. The van der Waals surface area contributed by atoms with Crippen molar-refractivity contribution in [3.63, 3.8) is 0 Å². The van der Waals surface area contributed by atoms with Crippen molar-refractivity contribution in [2.24, 2.45) is 0 Å². The maximum atomic E-state index is 11.8. The fourth-order valence-corrected chi connectivity index (χ4v) is 3.67. The molecule has 9 heteroatoms. The summed E-state index contributed by atoms with van der Waals surface area (Å²) in [4.78, 5) is 13.7. The van der Waals surface area contributed by atoms with Crippen molar-refractivity contribution in [1.82, 2.24) is 19.4 Å². The number of pyridine rings is 1. The van der Waals surface area contributed by atoms with Gasteiger partial charge in [-0.05, 0) is 19.4 Å². The van der Waals surface area contributed by atoms with Crippen LogP contribution < -0.4 is 9.46 Å². The van der Waals surface area contributed by atoms with Crippen molar-refractivity contribution in [2.45, 2.75) is 46.0 Å². The highest BCUT2D eigenvalue weighted by molar-refractivity contribution is 7.92. The molecule has 0 aliphatic carbocycles. The highest BCUT2D eigenvalue weighted by Crippen LogP contribution is 2.28. The van der Waals surface area contributed by atoms with Crippen molar-refractivity contribution < 1.29 is 13.2 Å². The summed E-state index contributed by atoms with van der Waals surface area (Å²) < 4.78 is 33.3. The van der Waals surface area contributed by atoms with Crippen LogP contribution in [0.4, 0.5) is 5.82 Å². The first-order valence-corrected chi connectivity index (χ1v) is 10.9. The van der Waals surface area contributed by atoms with Gasteiger partial charge in [0, 0.05) is 12.5 Å². The Morgan fingerprint density at radius 1 is 1.15 bits per heavy atom. The highest BCUT2D eigenvalue weighted by atomic mass is 32.2. The zero-order valence-corrected chi connectivity index (χ0v) is 16.9. The van der Waals surface area contributed by atoms with Crippen molar-refractivity contribution in [3.05, 3.63) is 23.7 Å². The summed E-state index contributed by atoms with van der Waals surface area (Å²) in [5.74, 6) is 1.59. The van der Waals surface area contributed by atoms with E-state index in [0.29, 0.717) is 28.3 Å². The van der Waals surface area contributed by atoms with E-state index < -0.39 is 10.0 Å². The predicted octanol–water partition coefficient (Wildman–Crippen LogP) is 3.09. The van der Waals surface area contributed by atoms with Gasteiger partial charge in [-0.25, -0.2) is 18.4 Å². The Balaban J connectivity index is 2.23. The minimum Gasteiger partial charge on any atom is -0.481 e. The normalized spacial score (nSPS) is 12.0. The van der Waals surface area contributed by atoms with Gasteiger partial charge in [-0.1, -0.05) is 26.2 Å². The van der Waals surface area contributed by atoms with E-state index in [-0.39, 0.29) is 5.82 Å². The summed E-state index contributed by atoms with van der Waals surface area (Å²) in [6.07, 6.45) is 6.37. The lowest BCUT2D eigenvalue weighted by Crippen LogP contribution is -2.13. The molecule has 0 amide bonds. The van der Waals surface area contributed by atoms with Gasteiger partial charge in [0.2, 0.25) is 15.9 Å². The van der Waals surface area contributed by atoms with E-state index in [1.807, 2.05) is 11.3 Å². The number of hydrogen-bond donors (Lipinski definition) is 1. The zero-order chi connectivity index (χ0) is 19.6. The molecular weight excluding hydrogens is 366 g/mol. The number of aryl methyl sites for hydroxylation is 2. The van der Waals surface area contributed by atoms with Crippen LogP contribution in [0.25, 0.3) is 16.7 Å². The average molecular weight is 391 g/mol. The topological polar surface area (TPSA) is 98.5 Å². The summed E-state index contributed by atoms with van der Waals surface area (Å²) >= 11 is 0. The highest BCUT2D eigenvalue weighted by Gasteiger charge is 2.19. The van der Waals surface area contributed by atoms with Crippen molar-refractivity contribution in [3.8, 4) is 5.88 Å². The molecule has 3 rings (SSSR count). The maximum Gasteiger partial charge on any atom is 0.231 e. The molecule has 0 aromatic carbocycles. The van der Waals surface area contributed by atoms with Gasteiger partial charge in [0.25, 0.3) is 0 Å². The van der Waals surface area contributed by atoms with E-state index in [1.165, 1.54) is 6.42 Å². The first-order valence-electron chi connectivity index (χ1n) is 9.04. The summed E-state index contributed by atoms with van der Waals surface area (Å²) in [5, 5.41) is 0. The Morgan fingerprint density at radius 2 is 1.93 bits per heavy atom. The number of anilines is 1. The second-order valence-corrected chi connectivity index (χ2v) is 8.39. The first-order chi connectivity index (χ1) is 12.8. The number of rotatable bonds is 8. The molecule has 3 aromatic heterocycles. The van der Waals surface area contributed by atoms with Crippen LogP contribution in [0, 0.1) is 6.92 Å². The summed E-state index contributed by atoms with van der Waals surface area (Å²) in [6.45, 7) is 4.03. The summed E-state index contributed by atoms with van der Waals surface area (Å²) in [7, 11) is -1.92. The Kier molecular flexibility index (Phi) is 5.50. The second-order valence-electron chi connectivity index (χ2n) is 6.64. The quantitative estimate of drug-likeness (QED) is 0.593. The second kappa shape index (κ2) is 7.67. The molecule has 0 saturated heterocycles. The van der Waals surface area contributed by atoms with Crippen LogP contribution in [0.5, 0.6) is 5.88 Å². The summed E-state index contributed by atoms with van der Waals surface area (Å²) in [5.41, 5.74) is 2.51. The van der Waals surface area contributed by atoms with Gasteiger partial charge >= 0.3 is 0 Å². The largest absolute Gasteiger partial charge is 0.481 e. The predicted molar refractivity (Wildman–Crippen MR) is 106 cm³/mol. The Labute approximate surface area is 159 Å². The molecule has 0 aliphatic rings. The number of methoxy groups -OCH3 is 1. The van der Waals surface area contributed by atoms with Gasteiger partial charge in [-0.2, -0.15) is 4.98 Å². The molecule has 3 heterocycles. The third-order valence-electron chi connectivity index (χ3n) is 4.36. The lowest BCUT2D eigenvalue weighted by molar-refractivity contribution is 0.399. The van der Waals surface area contributed by atoms with Crippen LogP contribution in [-0.4, -0.2) is 41.1 Å². The van der Waals surface area contributed by atoms with Gasteiger partial charge < -0.3 is 4.74 Å².